The molecule has 0 fully saturated rings. The summed E-state index contributed by atoms with van der Waals surface area (Å²) in [6, 6.07) is 13.7. The molecule has 0 unspecified atom stereocenters. The summed E-state index contributed by atoms with van der Waals surface area (Å²) >= 11 is 0. The smallest absolute Gasteiger partial charge is 0.271 e. The number of carbonyl (C=O) groups excluding carboxylic acids is 2. The van der Waals surface area contributed by atoms with Gasteiger partial charge in [-0.3, -0.25) is 14.6 Å². The van der Waals surface area contributed by atoms with Crippen molar-refractivity contribution in [2.75, 3.05) is 6.61 Å². The molecule has 0 aliphatic carbocycles. The first-order chi connectivity index (χ1) is 13.7. The Morgan fingerprint density at radius 3 is 2.61 bits per heavy atom. The minimum Gasteiger partial charge on any atom is -0.484 e. The third-order valence-electron chi connectivity index (χ3n) is 3.61. The summed E-state index contributed by atoms with van der Waals surface area (Å²) in [6.07, 6.45) is 6.13. The average molecular weight is 378 g/mol. The van der Waals surface area contributed by atoms with Gasteiger partial charge in [-0.15, -0.1) is 0 Å². The molecule has 8 heteroatoms. The number of benzene rings is 1. The van der Waals surface area contributed by atoms with Crippen LogP contribution in [0, 0.1) is 0 Å². The summed E-state index contributed by atoms with van der Waals surface area (Å²) in [5.41, 5.74) is 3.68. The van der Waals surface area contributed by atoms with Crippen LogP contribution in [-0.4, -0.2) is 29.6 Å². The number of hydrogen-bond donors (Lipinski definition) is 2. The summed E-state index contributed by atoms with van der Waals surface area (Å²) < 4.78 is 10.6. The topological polar surface area (TPSA) is 106 Å². The van der Waals surface area contributed by atoms with Gasteiger partial charge in [0.2, 0.25) is 0 Å². The molecule has 0 saturated carbocycles. The van der Waals surface area contributed by atoms with Crippen LogP contribution in [0.25, 0.3) is 0 Å². The molecule has 2 N–H and O–H groups in total. The number of rotatable bonds is 8. The van der Waals surface area contributed by atoms with Crippen molar-refractivity contribution < 1.29 is 18.7 Å². The van der Waals surface area contributed by atoms with E-state index in [1.165, 1.54) is 18.6 Å². The van der Waals surface area contributed by atoms with Crippen molar-refractivity contribution in [1.29, 1.82) is 0 Å². The number of ether oxygens (including phenoxy) is 1. The van der Waals surface area contributed by atoms with Gasteiger partial charge in [-0.1, -0.05) is 0 Å². The molecule has 0 spiro atoms. The molecule has 0 aliphatic rings. The van der Waals surface area contributed by atoms with Crippen molar-refractivity contribution >= 4 is 18.0 Å². The van der Waals surface area contributed by atoms with Crippen molar-refractivity contribution in [2.24, 2.45) is 5.10 Å². The molecule has 2 amide bonds. The van der Waals surface area contributed by atoms with E-state index in [1.54, 1.807) is 54.8 Å². The summed E-state index contributed by atoms with van der Waals surface area (Å²) in [5, 5.41) is 6.61. The van der Waals surface area contributed by atoms with Crippen LogP contribution >= 0.6 is 0 Å². The van der Waals surface area contributed by atoms with E-state index in [2.05, 4.69) is 20.8 Å². The van der Waals surface area contributed by atoms with Crippen LogP contribution in [0.4, 0.5) is 0 Å². The molecule has 2 aromatic heterocycles. The highest BCUT2D eigenvalue weighted by atomic mass is 16.5. The lowest BCUT2D eigenvalue weighted by molar-refractivity contribution is -0.123. The second-order valence-electron chi connectivity index (χ2n) is 5.65. The first-order valence-corrected chi connectivity index (χ1v) is 8.46. The molecule has 0 radical (unpaired) electrons. The van der Waals surface area contributed by atoms with E-state index in [-0.39, 0.29) is 18.4 Å². The average Bonchev–Trinajstić information content (AvgIpc) is 3.26. The van der Waals surface area contributed by atoms with Crippen molar-refractivity contribution in [3.05, 3.63) is 84.1 Å². The second kappa shape index (κ2) is 9.67. The molecule has 0 saturated heterocycles. The minimum atomic E-state index is -0.320. The van der Waals surface area contributed by atoms with Gasteiger partial charge in [0.15, 0.2) is 6.61 Å². The highest BCUT2D eigenvalue weighted by molar-refractivity contribution is 5.94. The Kier molecular flexibility index (Phi) is 6.51. The van der Waals surface area contributed by atoms with Crippen LogP contribution in [0.1, 0.15) is 21.7 Å². The molecule has 2 heterocycles. The largest absolute Gasteiger partial charge is 0.484 e. The molecule has 0 bridgehead atoms. The van der Waals surface area contributed by atoms with Gasteiger partial charge in [0.05, 0.1) is 19.0 Å². The zero-order chi connectivity index (χ0) is 19.6. The maximum atomic E-state index is 11.9. The third-order valence-corrected chi connectivity index (χ3v) is 3.61. The monoisotopic (exact) mass is 378 g/mol. The number of furan rings is 1. The fourth-order valence-corrected chi connectivity index (χ4v) is 2.18. The number of nitrogens with zero attached hydrogens (tertiary/aromatic N) is 2. The maximum absolute atomic E-state index is 11.9. The quantitative estimate of drug-likeness (QED) is 0.461. The maximum Gasteiger partial charge on any atom is 0.271 e. The highest BCUT2D eigenvalue weighted by Crippen LogP contribution is 2.11. The second-order valence-corrected chi connectivity index (χ2v) is 5.65. The lowest BCUT2D eigenvalue weighted by atomic mass is 10.2. The molecule has 28 heavy (non-hydrogen) atoms. The van der Waals surface area contributed by atoms with Crippen LogP contribution in [0.15, 0.2) is 76.7 Å². The molecule has 1 aromatic carbocycles. The van der Waals surface area contributed by atoms with Crippen molar-refractivity contribution in [3.8, 4) is 5.75 Å². The van der Waals surface area contributed by atoms with E-state index < -0.39 is 0 Å². The number of aromatic nitrogens is 1. The molecular weight excluding hydrogens is 360 g/mol. The molecule has 142 valence electrons. The van der Waals surface area contributed by atoms with Crippen molar-refractivity contribution in [2.45, 2.75) is 6.54 Å². The lowest BCUT2D eigenvalue weighted by Gasteiger charge is -2.06. The summed E-state index contributed by atoms with van der Waals surface area (Å²) in [7, 11) is 0. The van der Waals surface area contributed by atoms with Crippen LogP contribution in [-0.2, 0) is 11.3 Å². The fourth-order valence-electron chi connectivity index (χ4n) is 2.18. The molecule has 8 nitrogen and oxygen atoms in total. The fraction of sp³-hybridized carbons (Fsp3) is 0.100. The zero-order valence-corrected chi connectivity index (χ0v) is 14.9. The Labute approximate surface area is 161 Å². The molecule has 3 aromatic rings. The first kappa shape index (κ1) is 18.8. The standard InChI is InChI=1S/C20H18N4O4/c25-19(22-13-18-2-1-11-27-18)14-28-17-5-3-15(4-6-17)12-23-24-20(26)16-7-9-21-10-8-16/h1-12H,13-14H2,(H,22,25)(H,24,26)/b23-12-. The van der Waals surface area contributed by atoms with Gasteiger partial charge in [-0.05, 0) is 54.1 Å². The van der Waals surface area contributed by atoms with Crippen LogP contribution in [0.2, 0.25) is 0 Å². The number of hydrogen-bond acceptors (Lipinski definition) is 6. The summed E-state index contributed by atoms with van der Waals surface area (Å²) in [5.74, 6) is 0.652. The molecule has 0 atom stereocenters. The first-order valence-electron chi connectivity index (χ1n) is 8.46. The normalized spacial score (nSPS) is 10.6. The molecular formula is C20H18N4O4. The van der Waals surface area contributed by atoms with Gasteiger partial charge >= 0.3 is 0 Å². The Bertz CT molecular complexity index is 923. The van der Waals surface area contributed by atoms with Crippen LogP contribution < -0.4 is 15.5 Å². The highest BCUT2D eigenvalue weighted by Gasteiger charge is 2.04. The van der Waals surface area contributed by atoms with E-state index in [9.17, 15) is 9.59 Å². The predicted molar refractivity (Wildman–Crippen MR) is 102 cm³/mol. The van der Waals surface area contributed by atoms with Crippen molar-refractivity contribution in [3.63, 3.8) is 0 Å². The number of nitrogens with one attached hydrogen (secondary N) is 2. The van der Waals surface area contributed by atoms with E-state index in [4.69, 9.17) is 9.15 Å². The Hall–Kier alpha value is -3.94. The number of amides is 2. The number of pyridine rings is 1. The lowest BCUT2D eigenvalue weighted by Crippen LogP contribution is -2.28. The van der Waals surface area contributed by atoms with Gasteiger partial charge in [0.1, 0.15) is 11.5 Å². The van der Waals surface area contributed by atoms with E-state index in [0.29, 0.717) is 23.6 Å². The Morgan fingerprint density at radius 2 is 1.89 bits per heavy atom. The van der Waals surface area contributed by atoms with E-state index in [1.807, 2.05) is 0 Å². The van der Waals surface area contributed by atoms with E-state index in [0.717, 1.165) is 5.56 Å². The van der Waals surface area contributed by atoms with Gasteiger partial charge in [0.25, 0.3) is 11.8 Å². The predicted octanol–water partition coefficient (Wildman–Crippen LogP) is 2.13. The van der Waals surface area contributed by atoms with Crippen LogP contribution in [0.3, 0.4) is 0 Å². The zero-order valence-electron chi connectivity index (χ0n) is 14.9. The van der Waals surface area contributed by atoms with Gasteiger partial charge in [-0.2, -0.15) is 5.10 Å². The van der Waals surface area contributed by atoms with Gasteiger partial charge in [0, 0.05) is 18.0 Å². The van der Waals surface area contributed by atoms with Crippen molar-refractivity contribution in [1.82, 2.24) is 15.7 Å². The number of carbonyl (C=O) groups is 2. The van der Waals surface area contributed by atoms with E-state index >= 15 is 0 Å². The van der Waals surface area contributed by atoms with Gasteiger partial charge in [-0.25, -0.2) is 5.43 Å². The summed E-state index contributed by atoms with van der Waals surface area (Å²) in [6.45, 7) is 0.214. The Balaban J connectivity index is 1.41. The number of hydrazone groups is 1. The Morgan fingerprint density at radius 1 is 1.11 bits per heavy atom. The molecule has 3 rings (SSSR count). The third kappa shape index (κ3) is 5.80. The summed E-state index contributed by atoms with van der Waals surface area (Å²) in [4.78, 5) is 27.5. The minimum absolute atomic E-state index is 0.101. The molecule has 0 aliphatic heterocycles. The SMILES string of the molecule is O=C(COc1ccc(/C=N\NC(=O)c2ccncc2)cc1)NCc1ccco1. The van der Waals surface area contributed by atoms with Crippen LogP contribution in [0.5, 0.6) is 5.75 Å². The van der Waals surface area contributed by atoms with Gasteiger partial charge < -0.3 is 14.5 Å².